The van der Waals surface area contributed by atoms with Crippen LogP contribution in [-0.4, -0.2) is 13.1 Å². The van der Waals surface area contributed by atoms with Gasteiger partial charge in [0, 0.05) is 4.88 Å². The Hall–Kier alpha value is -0.310. The Bertz CT molecular complexity index is 270. The number of nitrogens with one attached hydrogen (secondary N) is 1. The molecule has 0 saturated carbocycles. The topological polar surface area (TPSA) is 12.0 Å². The fraction of sp³-hybridized carbons (Fsp3) is 0.455. The summed E-state index contributed by atoms with van der Waals surface area (Å²) in [6.45, 7) is 5.80. The van der Waals surface area contributed by atoms with Gasteiger partial charge in [-0.25, -0.2) is 0 Å². The van der Waals surface area contributed by atoms with Crippen LogP contribution in [0.2, 0.25) is 4.34 Å². The first kappa shape index (κ1) is 11.8. The zero-order valence-electron chi connectivity index (χ0n) is 8.26. The first-order chi connectivity index (χ1) is 6.83. The van der Waals surface area contributed by atoms with Crippen molar-refractivity contribution < 1.29 is 0 Å². The standard InChI is InChI=1S/C11H16ClNS/c1-2-3-4-8-13-9-7-10-5-6-11(12)14-10/h2,5-6,13H,1,3-4,7-9H2. The highest BCUT2D eigenvalue weighted by Gasteiger charge is 1.96. The molecule has 0 aromatic carbocycles. The lowest BCUT2D eigenvalue weighted by Crippen LogP contribution is -2.17. The third-order valence-electron chi connectivity index (χ3n) is 1.94. The molecular weight excluding hydrogens is 214 g/mol. The normalized spacial score (nSPS) is 10.4. The van der Waals surface area contributed by atoms with Gasteiger partial charge in [0.2, 0.25) is 0 Å². The average molecular weight is 230 g/mol. The Morgan fingerprint density at radius 3 is 2.93 bits per heavy atom. The van der Waals surface area contributed by atoms with Gasteiger partial charge in [-0.2, -0.15) is 0 Å². The van der Waals surface area contributed by atoms with E-state index in [1.165, 1.54) is 11.3 Å². The third-order valence-corrected chi connectivity index (χ3v) is 3.23. The smallest absolute Gasteiger partial charge is 0.0931 e. The summed E-state index contributed by atoms with van der Waals surface area (Å²) >= 11 is 7.49. The average Bonchev–Trinajstić information content (AvgIpc) is 2.58. The molecule has 0 atom stereocenters. The molecule has 0 amide bonds. The minimum absolute atomic E-state index is 0.881. The van der Waals surface area contributed by atoms with Crippen molar-refractivity contribution in [1.29, 1.82) is 0 Å². The van der Waals surface area contributed by atoms with E-state index in [-0.39, 0.29) is 0 Å². The Morgan fingerprint density at radius 2 is 2.29 bits per heavy atom. The summed E-state index contributed by atoms with van der Waals surface area (Å²) in [6, 6.07) is 4.05. The Morgan fingerprint density at radius 1 is 1.43 bits per heavy atom. The fourth-order valence-corrected chi connectivity index (χ4v) is 2.28. The number of unbranched alkanes of at least 4 members (excludes halogenated alkanes) is 1. The van der Waals surface area contributed by atoms with Crippen molar-refractivity contribution in [1.82, 2.24) is 5.32 Å². The van der Waals surface area contributed by atoms with Gasteiger partial charge in [-0.15, -0.1) is 17.9 Å². The van der Waals surface area contributed by atoms with Crippen LogP contribution in [0.15, 0.2) is 24.8 Å². The zero-order valence-corrected chi connectivity index (χ0v) is 9.83. The number of hydrogen-bond donors (Lipinski definition) is 1. The summed E-state index contributed by atoms with van der Waals surface area (Å²) in [5.41, 5.74) is 0. The summed E-state index contributed by atoms with van der Waals surface area (Å²) in [6.07, 6.45) is 5.30. The highest BCUT2D eigenvalue weighted by atomic mass is 35.5. The lowest BCUT2D eigenvalue weighted by atomic mass is 10.3. The molecule has 0 aliphatic carbocycles. The Balaban J connectivity index is 2.01. The molecule has 78 valence electrons. The summed E-state index contributed by atoms with van der Waals surface area (Å²) in [5.74, 6) is 0. The van der Waals surface area contributed by atoms with E-state index in [4.69, 9.17) is 11.6 Å². The van der Waals surface area contributed by atoms with Gasteiger partial charge in [-0.3, -0.25) is 0 Å². The largest absolute Gasteiger partial charge is 0.316 e. The van der Waals surface area contributed by atoms with Gasteiger partial charge in [-0.05, 0) is 44.5 Å². The maximum absolute atomic E-state index is 5.83. The van der Waals surface area contributed by atoms with Crippen molar-refractivity contribution in [2.75, 3.05) is 13.1 Å². The van der Waals surface area contributed by atoms with E-state index >= 15 is 0 Å². The van der Waals surface area contributed by atoms with Crippen LogP contribution in [0.5, 0.6) is 0 Å². The first-order valence-electron chi connectivity index (χ1n) is 4.89. The molecule has 3 heteroatoms. The van der Waals surface area contributed by atoms with Crippen molar-refractivity contribution >= 4 is 22.9 Å². The molecule has 0 aliphatic rings. The molecule has 0 bridgehead atoms. The van der Waals surface area contributed by atoms with Crippen LogP contribution >= 0.6 is 22.9 Å². The summed E-state index contributed by atoms with van der Waals surface area (Å²) in [7, 11) is 0. The van der Waals surface area contributed by atoms with Crippen LogP contribution in [0.3, 0.4) is 0 Å². The van der Waals surface area contributed by atoms with Crippen molar-refractivity contribution in [3.8, 4) is 0 Å². The fourth-order valence-electron chi connectivity index (χ4n) is 1.19. The Labute approximate surface area is 94.8 Å². The molecule has 0 unspecified atom stereocenters. The molecule has 1 N–H and O–H groups in total. The second-order valence-corrected chi connectivity index (χ2v) is 4.94. The lowest BCUT2D eigenvalue weighted by Gasteiger charge is -2.01. The molecule has 1 heterocycles. The SMILES string of the molecule is C=CCCCNCCc1ccc(Cl)s1. The van der Waals surface area contributed by atoms with E-state index in [0.29, 0.717) is 0 Å². The first-order valence-corrected chi connectivity index (χ1v) is 6.08. The Kier molecular flexibility index (Phi) is 5.92. The number of allylic oxidation sites excluding steroid dienone is 1. The molecule has 1 nitrogen and oxygen atoms in total. The predicted molar refractivity (Wildman–Crippen MR) is 65.3 cm³/mol. The van der Waals surface area contributed by atoms with Crippen molar-refractivity contribution in [2.45, 2.75) is 19.3 Å². The minimum Gasteiger partial charge on any atom is -0.316 e. The second-order valence-electron chi connectivity index (χ2n) is 3.14. The van der Waals surface area contributed by atoms with E-state index in [1.54, 1.807) is 11.3 Å². The molecular formula is C11H16ClNS. The second kappa shape index (κ2) is 7.04. The van der Waals surface area contributed by atoms with Gasteiger partial charge in [-0.1, -0.05) is 17.7 Å². The van der Waals surface area contributed by atoms with E-state index < -0.39 is 0 Å². The number of rotatable bonds is 7. The van der Waals surface area contributed by atoms with Gasteiger partial charge in [0.25, 0.3) is 0 Å². The highest BCUT2D eigenvalue weighted by Crippen LogP contribution is 2.21. The maximum atomic E-state index is 5.83. The van der Waals surface area contributed by atoms with E-state index in [0.717, 1.165) is 30.3 Å². The quantitative estimate of drug-likeness (QED) is 0.558. The summed E-state index contributed by atoms with van der Waals surface area (Å²) in [5, 5.41) is 3.39. The predicted octanol–water partition coefficient (Wildman–Crippen LogP) is 3.50. The molecule has 0 radical (unpaired) electrons. The van der Waals surface area contributed by atoms with Crippen LogP contribution in [-0.2, 0) is 6.42 Å². The third kappa shape index (κ3) is 4.80. The van der Waals surface area contributed by atoms with Crippen LogP contribution in [0.4, 0.5) is 0 Å². The molecule has 14 heavy (non-hydrogen) atoms. The van der Waals surface area contributed by atoms with Crippen LogP contribution in [0.1, 0.15) is 17.7 Å². The van der Waals surface area contributed by atoms with E-state index in [9.17, 15) is 0 Å². The minimum atomic E-state index is 0.881. The maximum Gasteiger partial charge on any atom is 0.0931 e. The van der Waals surface area contributed by atoms with Crippen molar-refractivity contribution in [2.24, 2.45) is 0 Å². The van der Waals surface area contributed by atoms with Gasteiger partial charge in [0.1, 0.15) is 0 Å². The molecule has 1 aromatic heterocycles. The van der Waals surface area contributed by atoms with Crippen LogP contribution in [0, 0.1) is 0 Å². The molecule has 0 fully saturated rings. The van der Waals surface area contributed by atoms with E-state index in [1.807, 2.05) is 12.1 Å². The van der Waals surface area contributed by atoms with Gasteiger partial charge in [0.15, 0.2) is 0 Å². The van der Waals surface area contributed by atoms with Gasteiger partial charge >= 0.3 is 0 Å². The molecule has 0 aliphatic heterocycles. The number of thiophene rings is 1. The monoisotopic (exact) mass is 229 g/mol. The molecule has 1 aromatic rings. The van der Waals surface area contributed by atoms with Crippen LogP contribution in [0.25, 0.3) is 0 Å². The highest BCUT2D eigenvalue weighted by molar-refractivity contribution is 7.16. The van der Waals surface area contributed by atoms with Gasteiger partial charge < -0.3 is 5.32 Å². The van der Waals surface area contributed by atoms with Crippen molar-refractivity contribution in [3.05, 3.63) is 34.0 Å². The molecule has 1 rings (SSSR count). The zero-order chi connectivity index (χ0) is 10.2. The van der Waals surface area contributed by atoms with Gasteiger partial charge in [0.05, 0.1) is 4.34 Å². The summed E-state index contributed by atoms with van der Waals surface area (Å²) in [4.78, 5) is 1.35. The number of halogens is 1. The lowest BCUT2D eigenvalue weighted by molar-refractivity contribution is 0.655. The molecule has 0 saturated heterocycles. The van der Waals surface area contributed by atoms with Crippen LogP contribution < -0.4 is 5.32 Å². The van der Waals surface area contributed by atoms with E-state index in [2.05, 4.69) is 18.0 Å². The summed E-state index contributed by atoms with van der Waals surface area (Å²) < 4.78 is 0.881. The molecule has 0 spiro atoms. The number of hydrogen-bond acceptors (Lipinski definition) is 2. The van der Waals surface area contributed by atoms with Crippen molar-refractivity contribution in [3.63, 3.8) is 0 Å².